The third-order valence-corrected chi connectivity index (χ3v) is 3.07. The van der Waals surface area contributed by atoms with Crippen LogP contribution < -0.4 is 5.32 Å². The van der Waals surface area contributed by atoms with E-state index < -0.39 is 6.10 Å². The molecule has 1 aromatic heterocycles. The smallest absolute Gasteiger partial charge is 0.220 e. The Hall–Kier alpha value is -1.40. The van der Waals surface area contributed by atoms with Crippen molar-refractivity contribution in [2.75, 3.05) is 27.2 Å². The molecule has 0 spiro atoms. The van der Waals surface area contributed by atoms with Gasteiger partial charge < -0.3 is 15.3 Å². The average Bonchev–Trinajstić information content (AvgIpc) is 2.64. The summed E-state index contributed by atoms with van der Waals surface area (Å²) in [4.78, 5) is 13.5. The van der Waals surface area contributed by atoms with Gasteiger partial charge in [-0.25, -0.2) is 0 Å². The summed E-state index contributed by atoms with van der Waals surface area (Å²) in [6.45, 7) is 2.83. The number of nitrogens with zero attached hydrogens (tertiary/aromatic N) is 3. The number of aliphatic hydroxyl groups excluding tert-OH is 1. The minimum Gasteiger partial charge on any atom is -0.390 e. The summed E-state index contributed by atoms with van der Waals surface area (Å²) in [5.41, 5.74) is 2.17. The first-order valence-electron chi connectivity index (χ1n) is 6.47. The highest BCUT2D eigenvalue weighted by molar-refractivity contribution is 5.76. The molecule has 2 N–H and O–H groups in total. The quantitative estimate of drug-likeness (QED) is 0.712. The molecule has 0 radical (unpaired) electrons. The second-order valence-corrected chi connectivity index (χ2v) is 5.10. The number of aliphatic hydroxyl groups is 1. The van der Waals surface area contributed by atoms with Crippen LogP contribution in [0.25, 0.3) is 0 Å². The largest absolute Gasteiger partial charge is 0.390 e. The van der Waals surface area contributed by atoms with Crippen LogP contribution >= 0.6 is 0 Å². The van der Waals surface area contributed by atoms with Crippen LogP contribution in [0.5, 0.6) is 0 Å². The molecule has 19 heavy (non-hydrogen) atoms. The van der Waals surface area contributed by atoms with Gasteiger partial charge in [0, 0.05) is 32.3 Å². The summed E-state index contributed by atoms with van der Waals surface area (Å²) in [6.07, 6.45) is 2.36. The number of aromatic nitrogens is 2. The van der Waals surface area contributed by atoms with Gasteiger partial charge in [-0.3, -0.25) is 9.48 Å². The van der Waals surface area contributed by atoms with E-state index in [9.17, 15) is 9.90 Å². The fraction of sp³-hybridized carbons (Fsp3) is 0.692. The molecule has 0 fully saturated rings. The van der Waals surface area contributed by atoms with Crippen molar-refractivity contribution in [3.05, 3.63) is 17.5 Å². The lowest BCUT2D eigenvalue weighted by atomic mass is 10.1. The van der Waals surface area contributed by atoms with Crippen LogP contribution in [0.2, 0.25) is 0 Å². The predicted octanol–water partition coefficient (Wildman–Crippen LogP) is -0.300. The molecule has 6 nitrogen and oxygen atoms in total. The summed E-state index contributed by atoms with van der Waals surface area (Å²) in [6, 6.07) is 0. The molecule has 1 amide bonds. The van der Waals surface area contributed by atoms with E-state index in [4.69, 9.17) is 0 Å². The van der Waals surface area contributed by atoms with Crippen molar-refractivity contribution in [1.82, 2.24) is 20.0 Å². The Bertz CT molecular complexity index is 415. The molecule has 6 heteroatoms. The van der Waals surface area contributed by atoms with Gasteiger partial charge in [0.15, 0.2) is 0 Å². The first-order valence-corrected chi connectivity index (χ1v) is 6.47. The Morgan fingerprint density at radius 2 is 2.26 bits per heavy atom. The van der Waals surface area contributed by atoms with Crippen LogP contribution in [0.1, 0.15) is 17.7 Å². The van der Waals surface area contributed by atoms with Crippen LogP contribution in [0.15, 0.2) is 6.20 Å². The zero-order valence-electron chi connectivity index (χ0n) is 12.2. The van der Waals surface area contributed by atoms with Crippen molar-refractivity contribution >= 4 is 5.91 Å². The van der Waals surface area contributed by atoms with Crippen molar-refractivity contribution < 1.29 is 9.90 Å². The normalized spacial score (nSPS) is 12.7. The van der Waals surface area contributed by atoms with Crippen LogP contribution in [0, 0.1) is 6.92 Å². The van der Waals surface area contributed by atoms with Crippen molar-refractivity contribution in [2.45, 2.75) is 25.9 Å². The number of hydrogen-bond donors (Lipinski definition) is 2. The number of hydrogen-bond acceptors (Lipinski definition) is 4. The van der Waals surface area contributed by atoms with Gasteiger partial charge in [-0.1, -0.05) is 0 Å². The van der Waals surface area contributed by atoms with Gasteiger partial charge in [-0.15, -0.1) is 0 Å². The van der Waals surface area contributed by atoms with Gasteiger partial charge in [0.2, 0.25) is 5.91 Å². The molecule has 0 aliphatic rings. The lowest BCUT2D eigenvalue weighted by Crippen LogP contribution is -2.37. The van der Waals surface area contributed by atoms with Crippen LogP contribution in [0.4, 0.5) is 0 Å². The number of carbonyl (C=O) groups is 1. The monoisotopic (exact) mass is 268 g/mol. The molecule has 108 valence electrons. The summed E-state index contributed by atoms with van der Waals surface area (Å²) in [7, 11) is 5.66. The van der Waals surface area contributed by atoms with E-state index in [0.717, 1.165) is 11.3 Å². The molecule has 1 rings (SSSR count). The van der Waals surface area contributed by atoms with E-state index in [2.05, 4.69) is 10.4 Å². The number of rotatable bonds is 7. The standard InChI is InChI=1S/C13H24N4O2/c1-10-11(7-15-17(10)4)5-6-13(19)14-8-12(18)9-16(2)3/h7,12,18H,5-6,8-9H2,1-4H3,(H,14,19). The van der Waals surface area contributed by atoms with E-state index in [1.807, 2.05) is 33.0 Å². The molecule has 0 aliphatic carbocycles. The highest BCUT2D eigenvalue weighted by Crippen LogP contribution is 2.08. The number of nitrogens with one attached hydrogen (secondary N) is 1. The Morgan fingerprint density at radius 1 is 1.58 bits per heavy atom. The van der Waals surface area contributed by atoms with Gasteiger partial charge in [0.1, 0.15) is 0 Å². The maximum atomic E-state index is 11.7. The zero-order valence-corrected chi connectivity index (χ0v) is 12.2. The molecule has 1 aromatic rings. The van der Waals surface area contributed by atoms with Gasteiger partial charge in [-0.2, -0.15) is 5.10 Å². The zero-order chi connectivity index (χ0) is 14.4. The lowest BCUT2D eigenvalue weighted by Gasteiger charge is -2.16. The Kier molecular flexibility index (Phi) is 5.98. The molecule has 1 unspecified atom stereocenters. The van der Waals surface area contributed by atoms with Crippen LogP contribution in [-0.2, 0) is 18.3 Å². The number of aryl methyl sites for hydroxylation is 2. The predicted molar refractivity (Wildman–Crippen MR) is 73.8 cm³/mol. The lowest BCUT2D eigenvalue weighted by molar-refractivity contribution is -0.121. The number of amides is 1. The minimum absolute atomic E-state index is 0.0407. The third kappa shape index (κ3) is 5.40. The molecule has 0 aromatic carbocycles. The number of likely N-dealkylation sites (N-methyl/N-ethyl adjacent to an activating group) is 1. The second kappa shape index (κ2) is 7.25. The Balaban J connectivity index is 2.27. The summed E-state index contributed by atoms with van der Waals surface area (Å²) in [5, 5.41) is 16.5. The van der Waals surface area contributed by atoms with E-state index in [-0.39, 0.29) is 5.91 Å². The maximum absolute atomic E-state index is 11.7. The second-order valence-electron chi connectivity index (χ2n) is 5.10. The van der Waals surface area contributed by atoms with Gasteiger partial charge in [0.25, 0.3) is 0 Å². The minimum atomic E-state index is -0.529. The van der Waals surface area contributed by atoms with Crippen molar-refractivity contribution in [2.24, 2.45) is 7.05 Å². The first-order chi connectivity index (χ1) is 8.90. The summed E-state index contributed by atoms with van der Waals surface area (Å²) >= 11 is 0. The molecule has 0 aliphatic heterocycles. The van der Waals surface area contributed by atoms with Gasteiger partial charge in [0.05, 0.1) is 12.3 Å². The molecular formula is C13H24N4O2. The average molecular weight is 268 g/mol. The maximum Gasteiger partial charge on any atom is 0.220 e. The first kappa shape index (κ1) is 15.7. The molecule has 0 saturated heterocycles. The number of carbonyl (C=O) groups excluding carboxylic acids is 1. The molecule has 0 saturated carbocycles. The van der Waals surface area contributed by atoms with Crippen molar-refractivity contribution in [3.8, 4) is 0 Å². The molecule has 1 heterocycles. The fourth-order valence-electron chi connectivity index (χ4n) is 1.84. The Labute approximate surface area is 114 Å². The summed E-state index contributed by atoms with van der Waals surface area (Å²) < 4.78 is 1.80. The summed E-state index contributed by atoms with van der Waals surface area (Å²) in [5.74, 6) is -0.0407. The van der Waals surface area contributed by atoms with Crippen LogP contribution in [0.3, 0.4) is 0 Å². The van der Waals surface area contributed by atoms with Gasteiger partial charge >= 0.3 is 0 Å². The van der Waals surface area contributed by atoms with E-state index in [1.54, 1.807) is 10.9 Å². The highest BCUT2D eigenvalue weighted by atomic mass is 16.3. The molecular weight excluding hydrogens is 244 g/mol. The SMILES string of the molecule is Cc1c(CCC(=O)NCC(O)CN(C)C)cnn1C. The van der Waals surface area contributed by atoms with E-state index in [1.165, 1.54) is 0 Å². The Morgan fingerprint density at radius 3 is 2.79 bits per heavy atom. The topological polar surface area (TPSA) is 70.4 Å². The van der Waals surface area contributed by atoms with E-state index in [0.29, 0.717) is 25.9 Å². The van der Waals surface area contributed by atoms with E-state index >= 15 is 0 Å². The fourth-order valence-corrected chi connectivity index (χ4v) is 1.84. The van der Waals surface area contributed by atoms with Crippen LogP contribution in [-0.4, -0.2) is 59.0 Å². The highest BCUT2D eigenvalue weighted by Gasteiger charge is 2.10. The molecule has 1 atom stereocenters. The third-order valence-electron chi connectivity index (χ3n) is 3.07. The van der Waals surface area contributed by atoms with Crippen molar-refractivity contribution in [1.29, 1.82) is 0 Å². The molecule has 0 bridgehead atoms. The van der Waals surface area contributed by atoms with Gasteiger partial charge in [-0.05, 0) is 33.0 Å². The van der Waals surface area contributed by atoms with Crippen molar-refractivity contribution in [3.63, 3.8) is 0 Å².